The molecule has 0 aliphatic rings. The number of benzene rings is 2. The summed E-state index contributed by atoms with van der Waals surface area (Å²) >= 11 is 0. The molecule has 2 amide bonds. The van der Waals surface area contributed by atoms with Gasteiger partial charge in [0.1, 0.15) is 0 Å². The molecule has 0 radical (unpaired) electrons. The van der Waals surface area contributed by atoms with Crippen LogP contribution in [0, 0.1) is 0 Å². The minimum Gasteiger partial charge on any atom is -0.275 e. The molecule has 0 atom stereocenters. The molecule has 0 bridgehead atoms. The number of rotatable bonds is 4. The van der Waals surface area contributed by atoms with Crippen molar-refractivity contribution in [3.63, 3.8) is 0 Å². The third-order valence-corrected chi connectivity index (χ3v) is 4.44. The lowest BCUT2D eigenvalue weighted by Crippen LogP contribution is -2.43. The van der Waals surface area contributed by atoms with Gasteiger partial charge < -0.3 is 0 Å². The van der Waals surface area contributed by atoms with Gasteiger partial charge in [-0.2, -0.15) is 0 Å². The molecule has 0 aliphatic heterocycles. The molecule has 5 nitrogen and oxygen atoms in total. The molecule has 2 aromatic carbocycles. The van der Waals surface area contributed by atoms with E-state index in [1.807, 2.05) is 0 Å². The number of hydrazine groups is 2. The van der Waals surface area contributed by atoms with Gasteiger partial charge in [-0.05, 0) is 35.1 Å². The monoisotopic (exact) mass is 342 g/mol. The second-order valence-corrected chi connectivity index (χ2v) is 6.26. The van der Waals surface area contributed by atoms with E-state index in [-0.39, 0.29) is 5.41 Å². The van der Waals surface area contributed by atoms with Gasteiger partial charge in [-0.1, -0.05) is 76.2 Å². The van der Waals surface area contributed by atoms with Gasteiger partial charge in [0.2, 0.25) is 0 Å². The maximum Gasteiger partial charge on any atom is 0.343 e. The topological polar surface area (TPSA) is 93.2 Å². The standard InChI is InChI=1S/C19H24.CH6N4O/c1-5-15-11-10-14-18(17(15)6-2)19(3,4)16-12-8-7-9-13-16;2-4-1(6)5-3/h7-14H,5-6H2,1-4H3;2-3H2,(H2,4,5,6). The second-order valence-electron chi connectivity index (χ2n) is 6.26. The lowest BCUT2D eigenvalue weighted by molar-refractivity contribution is 0.241. The highest BCUT2D eigenvalue weighted by atomic mass is 16.2. The predicted octanol–water partition coefficient (Wildman–Crippen LogP) is 3.17. The molecule has 0 saturated carbocycles. The van der Waals surface area contributed by atoms with E-state index in [4.69, 9.17) is 0 Å². The van der Waals surface area contributed by atoms with Crippen molar-refractivity contribution < 1.29 is 4.79 Å². The van der Waals surface area contributed by atoms with Crippen LogP contribution < -0.4 is 22.5 Å². The van der Waals surface area contributed by atoms with Crippen LogP contribution in [0.2, 0.25) is 0 Å². The number of nitrogens with two attached hydrogens (primary N) is 2. The van der Waals surface area contributed by atoms with Gasteiger partial charge in [0.15, 0.2) is 0 Å². The summed E-state index contributed by atoms with van der Waals surface area (Å²) in [6.07, 6.45) is 2.22. The zero-order valence-corrected chi connectivity index (χ0v) is 15.6. The SMILES string of the molecule is CCc1cccc(C(C)(C)c2ccccc2)c1CC.NNC(=O)NN. The molecule has 0 unspecified atom stereocenters. The molecule has 2 aromatic rings. The van der Waals surface area contributed by atoms with Crippen molar-refractivity contribution in [2.45, 2.75) is 46.0 Å². The Labute approximate surface area is 150 Å². The third kappa shape index (κ3) is 5.31. The maximum atomic E-state index is 9.71. The van der Waals surface area contributed by atoms with Crippen LogP contribution in [0.4, 0.5) is 4.79 Å². The molecule has 0 fully saturated rings. The Balaban J connectivity index is 0.000000450. The van der Waals surface area contributed by atoms with Gasteiger partial charge in [0.05, 0.1) is 0 Å². The number of amides is 2. The van der Waals surface area contributed by atoms with Gasteiger partial charge in [-0.15, -0.1) is 0 Å². The van der Waals surface area contributed by atoms with Crippen LogP contribution in [-0.2, 0) is 18.3 Å². The lowest BCUT2D eigenvalue weighted by atomic mass is 9.74. The summed E-state index contributed by atoms with van der Waals surface area (Å²) in [5.74, 6) is 9.08. The lowest BCUT2D eigenvalue weighted by Gasteiger charge is -2.29. The van der Waals surface area contributed by atoms with Crippen molar-refractivity contribution in [3.8, 4) is 0 Å². The number of carbonyl (C=O) groups is 1. The van der Waals surface area contributed by atoms with Gasteiger partial charge in [-0.3, -0.25) is 10.9 Å². The molecule has 0 saturated heterocycles. The highest BCUT2D eigenvalue weighted by Crippen LogP contribution is 2.35. The highest BCUT2D eigenvalue weighted by molar-refractivity contribution is 5.72. The molecule has 0 aromatic heterocycles. The number of hydrogen-bond acceptors (Lipinski definition) is 3. The van der Waals surface area contributed by atoms with E-state index in [1.165, 1.54) is 22.3 Å². The van der Waals surface area contributed by atoms with Crippen LogP contribution in [0.5, 0.6) is 0 Å². The van der Waals surface area contributed by atoms with E-state index >= 15 is 0 Å². The molecular weight excluding hydrogens is 312 g/mol. The van der Waals surface area contributed by atoms with Crippen LogP contribution in [0.25, 0.3) is 0 Å². The van der Waals surface area contributed by atoms with Gasteiger partial charge in [0, 0.05) is 5.41 Å². The Morgan fingerprint density at radius 3 is 1.96 bits per heavy atom. The molecule has 25 heavy (non-hydrogen) atoms. The molecule has 0 heterocycles. The maximum absolute atomic E-state index is 9.71. The van der Waals surface area contributed by atoms with E-state index in [0.717, 1.165) is 12.8 Å². The fourth-order valence-electron chi connectivity index (χ4n) is 3.02. The highest BCUT2D eigenvalue weighted by Gasteiger charge is 2.25. The first kappa shape index (κ1) is 20.7. The second kappa shape index (κ2) is 9.81. The first-order valence-corrected chi connectivity index (χ1v) is 8.56. The molecule has 0 aliphatic carbocycles. The average Bonchev–Trinajstić information content (AvgIpc) is 2.67. The summed E-state index contributed by atoms with van der Waals surface area (Å²) in [5.41, 5.74) is 9.42. The van der Waals surface area contributed by atoms with Crippen molar-refractivity contribution in [2.24, 2.45) is 11.7 Å². The number of nitrogens with one attached hydrogen (secondary N) is 2. The van der Waals surface area contributed by atoms with Crippen molar-refractivity contribution in [1.29, 1.82) is 0 Å². The summed E-state index contributed by atoms with van der Waals surface area (Å²) in [5, 5.41) is 0. The molecule has 5 heteroatoms. The summed E-state index contributed by atoms with van der Waals surface area (Å²) in [7, 11) is 0. The van der Waals surface area contributed by atoms with Crippen LogP contribution in [0.3, 0.4) is 0 Å². The quantitative estimate of drug-likeness (QED) is 0.390. The zero-order valence-electron chi connectivity index (χ0n) is 15.6. The van der Waals surface area contributed by atoms with Crippen LogP contribution in [0.1, 0.15) is 49.9 Å². The van der Waals surface area contributed by atoms with E-state index in [9.17, 15) is 4.79 Å². The number of aryl methyl sites for hydroxylation is 1. The van der Waals surface area contributed by atoms with E-state index in [2.05, 4.69) is 87.9 Å². The first-order chi connectivity index (χ1) is 11.9. The van der Waals surface area contributed by atoms with E-state index < -0.39 is 6.03 Å². The van der Waals surface area contributed by atoms with Crippen LogP contribution in [-0.4, -0.2) is 6.03 Å². The summed E-state index contributed by atoms with van der Waals surface area (Å²) in [6.45, 7) is 9.17. The molecule has 136 valence electrons. The molecule has 0 spiro atoms. The van der Waals surface area contributed by atoms with Gasteiger partial charge in [-0.25, -0.2) is 16.5 Å². The van der Waals surface area contributed by atoms with E-state index in [0.29, 0.717) is 0 Å². The minimum atomic E-state index is -0.602. The first-order valence-electron chi connectivity index (χ1n) is 8.56. The Hall–Kier alpha value is -2.37. The van der Waals surface area contributed by atoms with Crippen LogP contribution >= 0.6 is 0 Å². The van der Waals surface area contributed by atoms with Crippen molar-refractivity contribution in [2.75, 3.05) is 0 Å². The van der Waals surface area contributed by atoms with Crippen molar-refractivity contribution >= 4 is 6.03 Å². The summed E-state index contributed by atoms with van der Waals surface area (Å²) in [4.78, 5) is 9.71. The predicted molar refractivity (Wildman–Crippen MR) is 104 cm³/mol. The summed E-state index contributed by atoms with van der Waals surface area (Å²) in [6, 6.07) is 17.0. The number of carbonyl (C=O) groups excluding carboxylic acids is 1. The number of urea groups is 1. The molecule has 2 rings (SSSR count). The normalized spacial score (nSPS) is 10.5. The van der Waals surface area contributed by atoms with Gasteiger partial charge >= 0.3 is 6.03 Å². The third-order valence-electron chi connectivity index (χ3n) is 4.44. The van der Waals surface area contributed by atoms with Crippen LogP contribution in [0.15, 0.2) is 48.5 Å². The Kier molecular flexibility index (Phi) is 8.11. The van der Waals surface area contributed by atoms with Crippen molar-refractivity contribution in [1.82, 2.24) is 10.9 Å². The fraction of sp³-hybridized carbons (Fsp3) is 0.350. The summed E-state index contributed by atoms with van der Waals surface area (Å²) < 4.78 is 0. The Morgan fingerprint density at radius 1 is 0.920 bits per heavy atom. The zero-order chi connectivity index (χ0) is 18.9. The largest absolute Gasteiger partial charge is 0.343 e. The smallest absolute Gasteiger partial charge is 0.275 e. The number of hydrogen-bond donors (Lipinski definition) is 4. The molecular formula is C20H30N4O. The van der Waals surface area contributed by atoms with Gasteiger partial charge in [0.25, 0.3) is 0 Å². The fourth-order valence-corrected chi connectivity index (χ4v) is 3.02. The Morgan fingerprint density at radius 2 is 1.52 bits per heavy atom. The average molecular weight is 342 g/mol. The molecule has 6 N–H and O–H groups in total. The van der Waals surface area contributed by atoms with Crippen molar-refractivity contribution in [3.05, 3.63) is 70.8 Å². The minimum absolute atomic E-state index is 0.0672. The Bertz CT molecular complexity index is 663. The van der Waals surface area contributed by atoms with E-state index in [1.54, 1.807) is 10.9 Å².